The highest BCUT2D eigenvalue weighted by atomic mass is 16.5. The number of ether oxygens (including phenoxy) is 1. The van der Waals surface area contributed by atoms with Gasteiger partial charge in [0.15, 0.2) is 0 Å². The van der Waals surface area contributed by atoms with E-state index in [9.17, 15) is 4.79 Å². The number of rotatable bonds is 3. The highest BCUT2D eigenvalue weighted by Crippen LogP contribution is 2.18. The van der Waals surface area contributed by atoms with Crippen LogP contribution in [0.3, 0.4) is 0 Å². The van der Waals surface area contributed by atoms with E-state index in [1.807, 2.05) is 26.0 Å². The monoisotopic (exact) mass is 208 g/mol. The van der Waals surface area contributed by atoms with Gasteiger partial charge in [-0.2, -0.15) is 0 Å². The first-order chi connectivity index (χ1) is 7.06. The third kappa shape index (κ3) is 3.23. The predicted molar refractivity (Wildman–Crippen MR) is 57.4 cm³/mol. The fourth-order valence-electron chi connectivity index (χ4n) is 1.26. The molecule has 15 heavy (non-hydrogen) atoms. The van der Waals surface area contributed by atoms with Crippen molar-refractivity contribution in [3.63, 3.8) is 0 Å². The van der Waals surface area contributed by atoms with Crippen LogP contribution in [0.1, 0.15) is 26.3 Å². The van der Waals surface area contributed by atoms with Gasteiger partial charge in [0.05, 0.1) is 12.1 Å². The van der Waals surface area contributed by atoms with Gasteiger partial charge in [-0.25, -0.2) is 4.79 Å². The summed E-state index contributed by atoms with van der Waals surface area (Å²) < 4.78 is 4.83. The number of pyridine rings is 1. The molecule has 0 aliphatic rings. The van der Waals surface area contributed by atoms with E-state index in [4.69, 9.17) is 4.74 Å². The molecule has 0 unspecified atom stereocenters. The lowest BCUT2D eigenvalue weighted by Crippen LogP contribution is -2.41. The van der Waals surface area contributed by atoms with Crippen LogP contribution in [0.4, 0.5) is 4.79 Å². The molecule has 0 saturated heterocycles. The first-order valence-corrected chi connectivity index (χ1v) is 4.91. The van der Waals surface area contributed by atoms with Gasteiger partial charge in [-0.3, -0.25) is 4.98 Å². The number of carbonyl (C=O) groups is 1. The maximum Gasteiger partial charge on any atom is 0.407 e. The summed E-state index contributed by atoms with van der Waals surface area (Å²) in [5.74, 6) is 0. The Morgan fingerprint density at radius 2 is 2.07 bits per heavy atom. The Labute approximate surface area is 89.7 Å². The van der Waals surface area contributed by atoms with Crippen LogP contribution < -0.4 is 5.32 Å². The number of carbonyl (C=O) groups excluding carboxylic acids is 1. The van der Waals surface area contributed by atoms with Gasteiger partial charge in [0.1, 0.15) is 0 Å². The van der Waals surface area contributed by atoms with Crippen molar-refractivity contribution in [1.29, 1.82) is 0 Å². The van der Waals surface area contributed by atoms with Crippen LogP contribution in [-0.4, -0.2) is 17.7 Å². The Kier molecular flexibility index (Phi) is 3.66. The molecule has 0 saturated carbocycles. The normalized spacial score (nSPS) is 10.9. The van der Waals surface area contributed by atoms with Crippen molar-refractivity contribution in [2.45, 2.75) is 26.3 Å². The Hall–Kier alpha value is -1.58. The molecule has 0 fully saturated rings. The molecule has 4 nitrogen and oxygen atoms in total. The molecule has 0 aliphatic heterocycles. The van der Waals surface area contributed by atoms with Crippen molar-refractivity contribution >= 4 is 6.09 Å². The lowest BCUT2D eigenvalue weighted by molar-refractivity contribution is 0.141. The molecular formula is C11H16N2O2. The van der Waals surface area contributed by atoms with E-state index in [1.165, 1.54) is 0 Å². The second kappa shape index (κ2) is 4.77. The Morgan fingerprint density at radius 1 is 1.47 bits per heavy atom. The minimum atomic E-state index is -0.449. The van der Waals surface area contributed by atoms with Gasteiger partial charge in [-0.05, 0) is 38.5 Å². The van der Waals surface area contributed by atoms with Gasteiger partial charge in [0.2, 0.25) is 0 Å². The molecule has 1 amide bonds. The van der Waals surface area contributed by atoms with Crippen LogP contribution in [0.15, 0.2) is 24.5 Å². The van der Waals surface area contributed by atoms with Crippen molar-refractivity contribution in [2.75, 3.05) is 6.61 Å². The van der Waals surface area contributed by atoms with Gasteiger partial charge < -0.3 is 10.1 Å². The van der Waals surface area contributed by atoms with E-state index in [0.717, 1.165) is 5.56 Å². The number of nitrogens with one attached hydrogen (secondary N) is 1. The summed E-state index contributed by atoms with van der Waals surface area (Å²) in [4.78, 5) is 15.2. The van der Waals surface area contributed by atoms with Crippen LogP contribution >= 0.6 is 0 Å². The van der Waals surface area contributed by atoms with Crippen molar-refractivity contribution in [3.05, 3.63) is 30.1 Å². The van der Waals surface area contributed by atoms with Crippen molar-refractivity contribution < 1.29 is 9.53 Å². The summed E-state index contributed by atoms with van der Waals surface area (Å²) >= 11 is 0. The maximum atomic E-state index is 11.3. The number of nitrogens with zero attached hydrogens (tertiary/aromatic N) is 1. The molecule has 1 aromatic heterocycles. The number of hydrogen-bond donors (Lipinski definition) is 1. The molecule has 0 spiro atoms. The van der Waals surface area contributed by atoms with E-state index in [1.54, 1.807) is 19.3 Å². The zero-order valence-corrected chi connectivity index (χ0v) is 9.28. The molecule has 1 N–H and O–H groups in total. The summed E-state index contributed by atoms with van der Waals surface area (Å²) in [6, 6.07) is 3.73. The molecular weight excluding hydrogens is 192 g/mol. The largest absolute Gasteiger partial charge is 0.450 e. The lowest BCUT2D eigenvalue weighted by Gasteiger charge is -2.25. The number of amides is 1. The molecule has 1 heterocycles. The minimum Gasteiger partial charge on any atom is -0.450 e. The summed E-state index contributed by atoms with van der Waals surface area (Å²) in [5.41, 5.74) is 0.542. The second-order valence-corrected chi connectivity index (χ2v) is 3.71. The molecule has 0 aliphatic carbocycles. The molecule has 1 rings (SSSR count). The fraction of sp³-hybridized carbons (Fsp3) is 0.455. The third-order valence-corrected chi connectivity index (χ3v) is 2.09. The average Bonchev–Trinajstić information content (AvgIpc) is 2.18. The van der Waals surface area contributed by atoms with E-state index < -0.39 is 11.6 Å². The predicted octanol–water partition coefficient (Wildman–Crippen LogP) is 2.06. The summed E-state index contributed by atoms with van der Waals surface area (Å²) in [5, 5.41) is 2.78. The van der Waals surface area contributed by atoms with E-state index in [-0.39, 0.29) is 0 Å². The van der Waals surface area contributed by atoms with Gasteiger partial charge >= 0.3 is 6.09 Å². The molecule has 0 bridgehead atoms. The molecule has 0 atom stereocenters. The SMILES string of the molecule is CCOC(=O)NC(C)(C)c1ccncc1. The lowest BCUT2D eigenvalue weighted by atomic mass is 9.96. The molecule has 0 radical (unpaired) electrons. The zero-order chi connectivity index (χ0) is 11.3. The quantitative estimate of drug-likeness (QED) is 0.827. The van der Waals surface area contributed by atoms with Crippen LogP contribution in [0.25, 0.3) is 0 Å². The number of alkyl carbamates (subject to hydrolysis) is 1. The van der Waals surface area contributed by atoms with E-state index in [0.29, 0.717) is 6.61 Å². The fourth-order valence-corrected chi connectivity index (χ4v) is 1.26. The van der Waals surface area contributed by atoms with Gasteiger partial charge in [-0.15, -0.1) is 0 Å². The van der Waals surface area contributed by atoms with Crippen LogP contribution in [0, 0.1) is 0 Å². The summed E-state index contributed by atoms with van der Waals surface area (Å²) in [6.07, 6.45) is 2.99. The molecule has 82 valence electrons. The Balaban J connectivity index is 2.71. The molecule has 1 aromatic rings. The maximum absolute atomic E-state index is 11.3. The number of hydrogen-bond acceptors (Lipinski definition) is 3. The zero-order valence-electron chi connectivity index (χ0n) is 9.28. The van der Waals surface area contributed by atoms with Crippen molar-refractivity contribution in [3.8, 4) is 0 Å². The van der Waals surface area contributed by atoms with E-state index >= 15 is 0 Å². The van der Waals surface area contributed by atoms with Crippen molar-refractivity contribution in [2.24, 2.45) is 0 Å². The molecule has 0 aromatic carbocycles. The van der Waals surface area contributed by atoms with Crippen molar-refractivity contribution in [1.82, 2.24) is 10.3 Å². The van der Waals surface area contributed by atoms with Crippen LogP contribution in [0.2, 0.25) is 0 Å². The van der Waals surface area contributed by atoms with Crippen LogP contribution in [0.5, 0.6) is 0 Å². The Morgan fingerprint density at radius 3 is 2.60 bits per heavy atom. The summed E-state index contributed by atoms with van der Waals surface area (Å²) in [6.45, 7) is 5.98. The first-order valence-electron chi connectivity index (χ1n) is 4.91. The summed E-state index contributed by atoms with van der Waals surface area (Å²) in [7, 11) is 0. The standard InChI is InChI=1S/C11H16N2O2/c1-4-15-10(14)13-11(2,3)9-5-7-12-8-6-9/h5-8H,4H2,1-3H3,(H,13,14). The second-order valence-electron chi connectivity index (χ2n) is 3.71. The minimum absolute atomic E-state index is 0.373. The topological polar surface area (TPSA) is 51.2 Å². The first kappa shape index (κ1) is 11.5. The highest BCUT2D eigenvalue weighted by molar-refractivity contribution is 5.68. The Bertz CT molecular complexity index is 323. The molecule has 4 heteroatoms. The van der Waals surface area contributed by atoms with Gasteiger partial charge in [-0.1, -0.05) is 0 Å². The van der Waals surface area contributed by atoms with Crippen LogP contribution in [-0.2, 0) is 10.3 Å². The smallest absolute Gasteiger partial charge is 0.407 e. The number of aromatic nitrogens is 1. The third-order valence-electron chi connectivity index (χ3n) is 2.09. The average molecular weight is 208 g/mol. The van der Waals surface area contributed by atoms with Gasteiger partial charge in [0.25, 0.3) is 0 Å². The van der Waals surface area contributed by atoms with Gasteiger partial charge in [0, 0.05) is 12.4 Å². The van der Waals surface area contributed by atoms with E-state index in [2.05, 4.69) is 10.3 Å². The highest BCUT2D eigenvalue weighted by Gasteiger charge is 2.22.